The average molecular weight is 358 g/mol. The maximum atomic E-state index is 11.9. The third-order valence-electron chi connectivity index (χ3n) is 3.92. The van der Waals surface area contributed by atoms with Crippen LogP contribution in [-0.4, -0.2) is 35.2 Å². The molecule has 7 heteroatoms. The molecule has 0 rings (SSSR count). The molecule has 2 atom stereocenters. The number of hydrogen-bond acceptors (Lipinski definition) is 5. The Labute approximate surface area is 163 Å². The van der Waals surface area contributed by atoms with Crippen molar-refractivity contribution in [1.29, 1.82) is 0 Å². The van der Waals surface area contributed by atoms with E-state index in [9.17, 15) is 22.9 Å². The average Bonchev–Trinajstić information content (AvgIpc) is 2.44. The van der Waals surface area contributed by atoms with E-state index in [2.05, 4.69) is 6.92 Å². The fourth-order valence-electron chi connectivity index (χ4n) is 2.53. The van der Waals surface area contributed by atoms with Gasteiger partial charge in [-0.25, -0.2) is 8.42 Å². The molecule has 0 radical (unpaired) electrons. The van der Waals surface area contributed by atoms with Crippen molar-refractivity contribution in [1.82, 2.24) is 0 Å². The minimum atomic E-state index is -4.79. The number of carbonyl (C=O) groups excluding carboxylic acids is 1. The number of Topliss-reactive ketones (excluding diaryl/α,β-unsaturated/α-hetero) is 1. The fourth-order valence-corrected chi connectivity index (χ4v) is 3.55. The summed E-state index contributed by atoms with van der Waals surface area (Å²) in [4.78, 5) is 11.9. The summed E-state index contributed by atoms with van der Waals surface area (Å²) in [7, 11) is -4.79. The summed E-state index contributed by atoms with van der Waals surface area (Å²) in [5, 5.41) is 7.77. The van der Waals surface area contributed by atoms with Gasteiger partial charge in [-0.15, -0.1) is 0 Å². The van der Waals surface area contributed by atoms with Gasteiger partial charge in [0, 0.05) is 6.42 Å². The van der Waals surface area contributed by atoms with Crippen LogP contribution in [0.3, 0.4) is 0 Å². The van der Waals surface area contributed by atoms with Crippen molar-refractivity contribution in [3.05, 3.63) is 0 Å². The van der Waals surface area contributed by atoms with Gasteiger partial charge >= 0.3 is 29.6 Å². The maximum absolute atomic E-state index is 11.9. The molecular weight excluding hydrogens is 327 g/mol. The van der Waals surface area contributed by atoms with Crippen LogP contribution >= 0.6 is 0 Å². The van der Waals surface area contributed by atoms with Gasteiger partial charge in [0.05, 0.1) is 6.10 Å². The molecule has 23 heavy (non-hydrogen) atoms. The molecule has 0 spiro atoms. The molecule has 2 unspecified atom stereocenters. The second-order valence-electron chi connectivity index (χ2n) is 5.93. The summed E-state index contributed by atoms with van der Waals surface area (Å²) in [6, 6.07) is 0. The van der Waals surface area contributed by atoms with E-state index in [4.69, 9.17) is 0 Å². The van der Waals surface area contributed by atoms with Crippen molar-refractivity contribution >= 4 is 15.9 Å². The minimum absolute atomic E-state index is 0. The van der Waals surface area contributed by atoms with Crippen LogP contribution < -0.4 is 29.6 Å². The maximum Gasteiger partial charge on any atom is 1.00 e. The van der Waals surface area contributed by atoms with E-state index in [0.717, 1.165) is 19.3 Å². The molecule has 0 saturated carbocycles. The molecule has 0 aromatic rings. The van der Waals surface area contributed by atoms with Crippen LogP contribution in [0, 0.1) is 0 Å². The van der Waals surface area contributed by atoms with Gasteiger partial charge in [0.25, 0.3) is 0 Å². The number of aliphatic hydroxyl groups excluding tert-OH is 1. The van der Waals surface area contributed by atoms with Crippen LogP contribution in [0.1, 0.15) is 84.5 Å². The first-order valence-electron chi connectivity index (χ1n) is 8.50. The van der Waals surface area contributed by atoms with E-state index in [1.54, 1.807) is 6.92 Å². The fraction of sp³-hybridized carbons (Fsp3) is 0.938. The van der Waals surface area contributed by atoms with Crippen molar-refractivity contribution in [2.45, 2.75) is 95.8 Å². The van der Waals surface area contributed by atoms with Gasteiger partial charge in [-0.2, -0.15) is 0 Å². The van der Waals surface area contributed by atoms with E-state index in [0.29, 0.717) is 6.42 Å². The molecule has 132 valence electrons. The molecule has 1 N–H and O–H groups in total. The second kappa shape index (κ2) is 14.8. The van der Waals surface area contributed by atoms with Gasteiger partial charge in [0.1, 0.15) is 15.4 Å². The summed E-state index contributed by atoms with van der Waals surface area (Å²) in [5.41, 5.74) is 0. The SMILES string of the molecule is CCCCCCCCCCCC(=O)C(C(O)CC)S(=O)(=O)[O-].[Na+]. The number of carbonyl (C=O) groups is 1. The molecule has 0 aromatic heterocycles. The standard InChI is InChI=1S/C16H32O5S.Na/c1-3-5-6-7-8-9-10-11-12-13-15(18)16(14(17)4-2)22(19,20)21;/h14,16-17H,3-13H2,1-2H3,(H,19,20,21);/q;+1/p-1. The number of ketones is 1. The number of unbranched alkanes of at least 4 members (excludes halogenated alkanes) is 8. The van der Waals surface area contributed by atoms with Gasteiger partial charge < -0.3 is 9.66 Å². The predicted molar refractivity (Wildman–Crippen MR) is 86.6 cm³/mol. The molecular formula is C16H31NaO5S. The van der Waals surface area contributed by atoms with E-state index in [-0.39, 0.29) is 42.4 Å². The first kappa shape index (κ1) is 25.8. The zero-order valence-electron chi connectivity index (χ0n) is 14.9. The van der Waals surface area contributed by atoms with E-state index in [1.165, 1.54) is 32.1 Å². The van der Waals surface area contributed by atoms with Gasteiger partial charge in [-0.1, -0.05) is 65.2 Å². The summed E-state index contributed by atoms with van der Waals surface area (Å²) < 4.78 is 33.3. The molecule has 0 heterocycles. The van der Waals surface area contributed by atoms with E-state index < -0.39 is 27.3 Å². The molecule has 0 saturated heterocycles. The quantitative estimate of drug-likeness (QED) is 0.271. The predicted octanol–water partition coefficient (Wildman–Crippen LogP) is 0.165. The topological polar surface area (TPSA) is 94.5 Å². The van der Waals surface area contributed by atoms with Gasteiger partial charge in [-0.3, -0.25) is 4.79 Å². The first-order chi connectivity index (χ1) is 10.3. The van der Waals surface area contributed by atoms with Gasteiger partial charge in [-0.05, 0) is 12.8 Å². The zero-order chi connectivity index (χ0) is 17.0. The molecule has 0 amide bonds. The van der Waals surface area contributed by atoms with Gasteiger partial charge in [0.2, 0.25) is 0 Å². The monoisotopic (exact) mass is 358 g/mol. The number of rotatable bonds is 14. The van der Waals surface area contributed by atoms with E-state index >= 15 is 0 Å². The molecule has 0 bridgehead atoms. The van der Waals surface area contributed by atoms with Crippen molar-refractivity contribution in [2.24, 2.45) is 0 Å². The molecule has 0 aliphatic rings. The van der Waals surface area contributed by atoms with Crippen LogP contribution in [0.5, 0.6) is 0 Å². The van der Waals surface area contributed by atoms with Crippen LogP contribution in [-0.2, 0) is 14.9 Å². The third-order valence-corrected chi connectivity index (χ3v) is 5.12. The zero-order valence-corrected chi connectivity index (χ0v) is 17.7. The Bertz CT molecular complexity index is 397. The molecule has 0 aromatic carbocycles. The summed E-state index contributed by atoms with van der Waals surface area (Å²) in [5.74, 6) is -0.646. The van der Waals surface area contributed by atoms with Crippen molar-refractivity contribution in [3.8, 4) is 0 Å². The van der Waals surface area contributed by atoms with Crippen LogP contribution in [0.25, 0.3) is 0 Å². The normalized spacial score (nSPS) is 14.1. The summed E-state index contributed by atoms with van der Waals surface area (Å²) >= 11 is 0. The minimum Gasteiger partial charge on any atom is -0.747 e. The Balaban J connectivity index is 0. The Morgan fingerprint density at radius 3 is 1.78 bits per heavy atom. The van der Waals surface area contributed by atoms with Crippen molar-refractivity contribution in [2.75, 3.05) is 0 Å². The second-order valence-corrected chi connectivity index (χ2v) is 7.43. The van der Waals surface area contributed by atoms with Crippen LogP contribution in [0.4, 0.5) is 0 Å². The van der Waals surface area contributed by atoms with Crippen LogP contribution in [0.2, 0.25) is 0 Å². The Morgan fingerprint density at radius 1 is 0.957 bits per heavy atom. The molecule has 0 aliphatic heterocycles. The van der Waals surface area contributed by atoms with E-state index in [1.807, 2.05) is 0 Å². The summed E-state index contributed by atoms with van der Waals surface area (Å²) in [6.07, 6.45) is 8.53. The number of hydrogen-bond donors (Lipinski definition) is 1. The third kappa shape index (κ3) is 12.5. The first-order valence-corrected chi connectivity index (χ1v) is 9.97. The Morgan fingerprint density at radius 2 is 1.39 bits per heavy atom. The van der Waals surface area contributed by atoms with Crippen molar-refractivity contribution in [3.63, 3.8) is 0 Å². The van der Waals surface area contributed by atoms with Crippen LogP contribution in [0.15, 0.2) is 0 Å². The van der Waals surface area contributed by atoms with Gasteiger partial charge in [0.15, 0.2) is 5.78 Å². The van der Waals surface area contributed by atoms with Crippen molar-refractivity contribution < 1.29 is 52.4 Å². The molecule has 5 nitrogen and oxygen atoms in total. The largest absolute Gasteiger partial charge is 1.00 e. The molecule has 0 aliphatic carbocycles. The number of aliphatic hydroxyl groups is 1. The summed E-state index contributed by atoms with van der Waals surface area (Å²) in [6.45, 7) is 3.73. The Kier molecular flexibility index (Phi) is 16.6. The molecule has 0 fully saturated rings. The Hall–Kier alpha value is 0.540. The smallest absolute Gasteiger partial charge is 0.747 e.